The molecule has 1 heterocycles. The summed E-state index contributed by atoms with van der Waals surface area (Å²) < 4.78 is 9.46. The Morgan fingerprint density at radius 2 is 2.06 bits per heavy atom. The molecule has 1 aliphatic heterocycles. The Balaban J connectivity index is 2.28. The van der Waals surface area contributed by atoms with Crippen molar-refractivity contribution in [1.82, 2.24) is 0 Å². The fraction of sp³-hybridized carbons (Fsp3) is 0.250. The molecule has 0 saturated heterocycles. The van der Waals surface area contributed by atoms with E-state index in [1.54, 1.807) is 31.2 Å². The van der Waals surface area contributed by atoms with Crippen LogP contribution in [0.15, 0.2) is 24.3 Å². The summed E-state index contributed by atoms with van der Waals surface area (Å²) in [5.74, 6) is -2.43. The Morgan fingerprint density at radius 3 is 2.76 bits per heavy atom. The molecular weight excluding hydrogens is 224 g/mol. The van der Waals surface area contributed by atoms with Gasteiger partial charge in [-0.25, -0.2) is 9.59 Å². The van der Waals surface area contributed by atoms with Gasteiger partial charge in [0, 0.05) is 5.56 Å². The maximum atomic E-state index is 11.7. The molecule has 1 atom stereocenters. The number of hydrogen-bond acceptors (Lipinski definition) is 5. The van der Waals surface area contributed by atoms with E-state index in [0.717, 1.165) is 0 Å². The van der Waals surface area contributed by atoms with Crippen LogP contribution in [0.2, 0.25) is 0 Å². The number of benzene rings is 1. The van der Waals surface area contributed by atoms with Gasteiger partial charge in [-0.2, -0.15) is 0 Å². The van der Waals surface area contributed by atoms with Crippen molar-refractivity contribution in [2.45, 2.75) is 13.0 Å². The van der Waals surface area contributed by atoms with Crippen molar-refractivity contribution in [3.05, 3.63) is 35.4 Å². The van der Waals surface area contributed by atoms with Crippen molar-refractivity contribution in [3.63, 3.8) is 0 Å². The van der Waals surface area contributed by atoms with Crippen molar-refractivity contribution >= 4 is 17.7 Å². The lowest BCUT2D eigenvalue weighted by Gasteiger charge is -2.08. The molecule has 1 aromatic rings. The molecule has 1 unspecified atom stereocenters. The van der Waals surface area contributed by atoms with Crippen LogP contribution in [0.5, 0.6) is 0 Å². The van der Waals surface area contributed by atoms with Crippen LogP contribution in [0.1, 0.15) is 28.9 Å². The largest absolute Gasteiger partial charge is 0.460 e. The lowest BCUT2D eigenvalue weighted by atomic mass is 10.0. The van der Waals surface area contributed by atoms with Crippen LogP contribution in [0.25, 0.3) is 0 Å². The first-order valence-corrected chi connectivity index (χ1v) is 5.16. The van der Waals surface area contributed by atoms with E-state index in [4.69, 9.17) is 4.74 Å². The molecule has 5 nitrogen and oxygen atoms in total. The number of fused-ring (bicyclic) bond motifs is 1. The quantitative estimate of drug-likeness (QED) is 0.577. The minimum absolute atomic E-state index is 0.104. The third-order valence-electron chi connectivity index (χ3n) is 2.40. The second kappa shape index (κ2) is 4.37. The Kier molecular flexibility index (Phi) is 2.91. The zero-order valence-electron chi connectivity index (χ0n) is 9.14. The summed E-state index contributed by atoms with van der Waals surface area (Å²) in [5.41, 5.74) is 0.728. The number of ether oxygens (including phenoxy) is 2. The molecule has 1 aliphatic rings. The van der Waals surface area contributed by atoms with Crippen molar-refractivity contribution in [2.24, 2.45) is 0 Å². The van der Waals surface area contributed by atoms with Crippen LogP contribution in [0, 0.1) is 0 Å². The summed E-state index contributed by atoms with van der Waals surface area (Å²) in [6, 6.07) is 6.47. The third-order valence-corrected chi connectivity index (χ3v) is 2.40. The molecule has 2 rings (SSSR count). The van der Waals surface area contributed by atoms with Crippen LogP contribution < -0.4 is 0 Å². The molecule has 0 bridgehead atoms. The minimum Gasteiger partial charge on any atom is -0.460 e. The van der Waals surface area contributed by atoms with Gasteiger partial charge in [-0.3, -0.25) is 4.79 Å². The van der Waals surface area contributed by atoms with Gasteiger partial charge in [0.1, 0.15) is 0 Å². The van der Waals surface area contributed by atoms with Gasteiger partial charge < -0.3 is 9.47 Å². The molecule has 0 radical (unpaired) electrons. The lowest BCUT2D eigenvalue weighted by molar-refractivity contribution is -0.157. The van der Waals surface area contributed by atoms with Gasteiger partial charge in [-0.05, 0) is 13.0 Å². The molecule has 0 fully saturated rings. The SMILES string of the molecule is CCOC(=O)C(=O)C1OC(=O)c2ccccc21. The normalized spacial score (nSPS) is 17.2. The van der Waals surface area contributed by atoms with Crippen molar-refractivity contribution < 1.29 is 23.9 Å². The minimum atomic E-state index is -1.17. The highest BCUT2D eigenvalue weighted by Crippen LogP contribution is 2.31. The molecular formula is C12H10O5. The van der Waals surface area contributed by atoms with E-state index in [1.807, 2.05) is 0 Å². The first-order valence-electron chi connectivity index (χ1n) is 5.16. The topological polar surface area (TPSA) is 69.7 Å². The van der Waals surface area contributed by atoms with E-state index in [-0.39, 0.29) is 6.61 Å². The zero-order valence-corrected chi connectivity index (χ0v) is 9.14. The molecule has 0 N–H and O–H groups in total. The summed E-state index contributed by atoms with van der Waals surface area (Å²) in [4.78, 5) is 34.4. The van der Waals surface area contributed by atoms with Gasteiger partial charge in [-0.1, -0.05) is 18.2 Å². The predicted octanol–water partition coefficient (Wildman–Crippen LogP) is 1.03. The molecule has 5 heteroatoms. The Bertz CT molecular complexity index is 491. The number of rotatable bonds is 3. The van der Waals surface area contributed by atoms with Crippen LogP contribution in [-0.4, -0.2) is 24.3 Å². The fourth-order valence-electron chi connectivity index (χ4n) is 1.65. The third kappa shape index (κ3) is 1.91. The van der Waals surface area contributed by atoms with Crippen molar-refractivity contribution in [2.75, 3.05) is 6.61 Å². The maximum Gasteiger partial charge on any atom is 0.379 e. The molecule has 0 saturated carbocycles. The summed E-state index contributed by atoms with van der Waals surface area (Å²) in [7, 11) is 0. The second-order valence-corrected chi connectivity index (χ2v) is 3.46. The zero-order chi connectivity index (χ0) is 12.4. The monoisotopic (exact) mass is 234 g/mol. The molecule has 88 valence electrons. The Hall–Kier alpha value is -2.17. The summed E-state index contributed by atoms with van der Waals surface area (Å²) in [6.45, 7) is 1.70. The number of ketones is 1. The average molecular weight is 234 g/mol. The number of carbonyl (C=O) groups is 3. The van der Waals surface area contributed by atoms with Gasteiger partial charge in [0.05, 0.1) is 12.2 Å². The Labute approximate surface area is 97.3 Å². The molecule has 1 aromatic carbocycles. The van der Waals surface area contributed by atoms with E-state index < -0.39 is 23.8 Å². The molecule has 0 aliphatic carbocycles. The summed E-state index contributed by atoms with van der Waals surface area (Å²) in [6.07, 6.45) is -1.17. The van der Waals surface area contributed by atoms with E-state index in [2.05, 4.69) is 4.74 Å². The van der Waals surface area contributed by atoms with Gasteiger partial charge in [0.2, 0.25) is 0 Å². The number of hydrogen-bond donors (Lipinski definition) is 0. The van der Waals surface area contributed by atoms with Crippen LogP contribution in [-0.2, 0) is 19.1 Å². The van der Waals surface area contributed by atoms with E-state index in [0.29, 0.717) is 11.1 Å². The lowest BCUT2D eigenvalue weighted by Crippen LogP contribution is -2.24. The smallest absolute Gasteiger partial charge is 0.379 e. The van der Waals surface area contributed by atoms with Gasteiger partial charge in [-0.15, -0.1) is 0 Å². The molecule has 0 spiro atoms. The molecule has 0 amide bonds. The molecule has 17 heavy (non-hydrogen) atoms. The average Bonchev–Trinajstić information content (AvgIpc) is 2.67. The first kappa shape index (κ1) is 11.3. The fourth-order valence-corrected chi connectivity index (χ4v) is 1.65. The summed E-state index contributed by atoms with van der Waals surface area (Å²) in [5, 5.41) is 0. The molecule has 0 aromatic heterocycles. The Morgan fingerprint density at radius 1 is 1.35 bits per heavy atom. The second-order valence-electron chi connectivity index (χ2n) is 3.46. The van der Waals surface area contributed by atoms with Crippen LogP contribution in [0.3, 0.4) is 0 Å². The maximum absolute atomic E-state index is 11.7. The van der Waals surface area contributed by atoms with Crippen LogP contribution in [0.4, 0.5) is 0 Å². The van der Waals surface area contributed by atoms with Gasteiger partial charge in [0.15, 0.2) is 6.10 Å². The van der Waals surface area contributed by atoms with E-state index >= 15 is 0 Å². The van der Waals surface area contributed by atoms with Crippen LogP contribution >= 0.6 is 0 Å². The number of Topliss-reactive ketones (excluding diaryl/α,β-unsaturated/α-hetero) is 1. The number of carbonyl (C=O) groups excluding carboxylic acids is 3. The highest BCUT2D eigenvalue weighted by Gasteiger charge is 2.39. The van der Waals surface area contributed by atoms with Gasteiger partial charge in [0.25, 0.3) is 5.78 Å². The first-order chi connectivity index (χ1) is 8.15. The number of cyclic esters (lactones) is 1. The highest BCUT2D eigenvalue weighted by molar-refractivity contribution is 6.36. The summed E-state index contributed by atoms with van der Waals surface area (Å²) >= 11 is 0. The number of esters is 2. The highest BCUT2D eigenvalue weighted by atomic mass is 16.6. The van der Waals surface area contributed by atoms with Crippen molar-refractivity contribution in [3.8, 4) is 0 Å². The predicted molar refractivity (Wildman–Crippen MR) is 56.2 cm³/mol. The van der Waals surface area contributed by atoms with E-state index in [1.165, 1.54) is 0 Å². The van der Waals surface area contributed by atoms with Gasteiger partial charge >= 0.3 is 11.9 Å². The van der Waals surface area contributed by atoms with E-state index in [9.17, 15) is 14.4 Å². The van der Waals surface area contributed by atoms with Crippen molar-refractivity contribution in [1.29, 1.82) is 0 Å². The standard InChI is InChI=1S/C12H10O5/c1-2-16-12(15)9(13)10-7-5-3-4-6-8(7)11(14)17-10/h3-6,10H,2H2,1H3.